The average molecular weight is 252 g/mol. The number of carbonyl (C=O) groups is 1. The summed E-state index contributed by atoms with van der Waals surface area (Å²) in [5.74, 6) is -0.643. The number of hydrogen-bond donors (Lipinski definition) is 1. The van der Waals surface area contributed by atoms with Crippen molar-refractivity contribution in [2.45, 2.75) is 20.3 Å². The third-order valence-electron chi connectivity index (χ3n) is 3.12. The summed E-state index contributed by atoms with van der Waals surface area (Å²) < 4.78 is 10.7. The van der Waals surface area contributed by atoms with E-state index >= 15 is 0 Å². The van der Waals surface area contributed by atoms with Crippen molar-refractivity contribution < 1.29 is 19.4 Å². The third-order valence-corrected chi connectivity index (χ3v) is 3.12. The summed E-state index contributed by atoms with van der Waals surface area (Å²) in [6.07, 6.45) is 0.931. The summed E-state index contributed by atoms with van der Waals surface area (Å²) in [6.45, 7) is 5.24. The number of aryl methyl sites for hydroxylation is 1. The van der Waals surface area contributed by atoms with Crippen LogP contribution in [0.5, 0.6) is 5.88 Å². The monoisotopic (exact) mass is 252 g/mol. The zero-order valence-corrected chi connectivity index (χ0v) is 10.5. The molecule has 2 heterocycles. The van der Waals surface area contributed by atoms with Crippen LogP contribution in [0.3, 0.4) is 0 Å². The van der Waals surface area contributed by atoms with Crippen LogP contribution in [0.25, 0.3) is 0 Å². The summed E-state index contributed by atoms with van der Waals surface area (Å²) in [6, 6.07) is 0. The van der Waals surface area contributed by atoms with Crippen LogP contribution in [0.4, 0.5) is 0 Å². The fourth-order valence-corrected chi connectivity index (χ4v) is 1.85. The first-order valence-electron chi connectivity index (χ1n) is 5.87. The first-order valence-corrected chi connectivity index (χ1v) is 5.87. The van der Waals surface area contributed by atoms with Gasteiger partial charge in [-0.15, -0.1) is 5.10 Å². The molecular weight excluding hydrogens is 236 g/mol. The van der Waals surface area contributed by atoms with Crippen LogP contribution in [0.2, 0.25) is 0 Å². The number of aromatic nitrogens is 2. The predicted octanol–water partition coefficient (Wildman–Crippen LogP) is 1.21. The van der Waals surface area contributed by atoms with Crippen molar-refractivity contribution >= 4 is 5.97 Å². The molecule has 1 aromatic heterocycles. The molecule has 2 rings (SSSR count). The van der Waals surface area contributed by atoms with Crippen LogP contribution in [0.1, 0.15) is 28.0 Å². The zero-order valence-electron chi connectivity index (χ0n) is 10.5. The van der Waals surface area contributed by atoms with E-state index in [9.17, 15) is 9.90 Å². The van der Waals surface area contributed by atoms with E-state index in [-0.39, 0.29) is 11.4 Å². The molecule has 98 valence electrons. The lowest BCUT2D eigenvalue weighted by molar-refractivity contribution is 0.0688. The number of nitrogens with zero attached hydrogens (tertiary/aromatic N) is 2. The molecule has 1 aromatic rings. The molecule has 0 amide bonds. The Morgan fingerprint density at radius 3 is 2.89 bits per heavy atom. The summed E-state index contributed by atoms with van der Waals surface area (Å²) in [5, 5.41) is 16.9. The molecule has 6 heteroatoms. The Balaban J connectivity index is 2.16. The second-order valence-electron chi connectivity index (χ2n) is 4.44. The van der Waals surface area contributed by atoms with Gasteiger partial charge in [-0.3, -0.25) is 0 Å². The second kappa shape index (κ2) is 5.30. The maximum atomic E-state index is 11.2. The number of aromatic carboxylic acids is 1. The fourth-order valence-electron chi connectivity index (χ4n) is 1.85. The van der Waals surface area contributed by atoms with E-state index in [4.69, 9.17) is 9.47 Å². The van der Waals surface area contributed by atoms with Gasteiger partial charge < -0.3 is 14.6 Å². The molecule has 1 aliphatic rings. The van der Waals surface area contributed by atoms with Crippen molar-refractivity contribution in [1.82, 2.24) is 10.2 Å². The topological polar surface area (TPSA) is 81.5 Å². The molecule has 1 unspecified atom stereocenters. The van der Waals surface area contributed by atoms with Crippen molar-refractivity contribution in [1.29, 1.82) is 0 Å². The standard InChI is InChI=1S/C12H16N2O4/c1-7-8(2)13-14-11(10(7)12(15)16)18-6-9-3-4-17-5-9/h9H,3-6H2,1-2H3,(H,15,16). The molecule has 1 atom stereocenters. The number of hydrogen-bond acceptors (Lipinski definition) is 5. The third kappa shape index (κ3) is 2.59. The van der Waals surface area contributed by atoms with Gasteiger partial charge in [0.2, 0.25) is 5.88 Å². The molecule has 0 radical (unpaired) electrons. The Morgan fingerprint density at radius 2 is 2.28 bits per heavy atom. The van der Waals surface area contributed by atoms with Gasteiger partial charge in [0.1, 0.15) is 5.56 Å². The molecule has 0 saturated carbocycles. The van der Waals surface area contributed by atoms with Gasteiger partial charge >= 0.3 is 5.97 Å². The average Bonchev–Trinajstić information content (AvgIpc) is 2.83. The van der Waals surface area contributed by atoms with Crippen molar-refractivity contribution in [3.8, 4) is 5.88 Å². The largest absolute Gasteiger partial charge is 0.477 e. The molecule has 0 bridgehead atoms. The van der Waals surface area contributed by atoms with Crippen LogP contribution in [-0.2, 0) is 4.74 Å². The van der Waals surface area contributed by atoms with E-state index in [0.717, 1.165) is 13.0 Å². The predicted molar refractivity (Wildman–Crippen MR) is 62.9 cm³/mol. The molecule has 18 heavy (non-hydrogen) atoms. The lowest BCUT2D eigenvalue weighted by Crippen LogP contribution is -2.16. The van der Waals surface area contributed by atoms with Crippen LogP contribution < -0.4 is 4.74 Å². The van der Waals surface area contributed by atoms with Crippen molar-refractivity contribution in [3.63, 3.8) is 0 Å². The van der Waals surface area contributed by atoms with E-state index in [1.54, 1.807) is 13.8 Å². The molecule has 0 aliphatic carbocycles. The summed E-state index contributed by atoms with van der Waals surface area (Å²) in [7, 11) is 0. The molecule has 1 N–H and O–H groups in total. The smallest absolute Gasteiger partial charge is 0.341 e. The van der Waals surface area contributed by atoms with E-state index in [0.29, 0.717) is 30.4 Å². The molecule has 0 aromatic carbocycles. The molecule has 1 saturated heterocycles. The Bertz CT molecular complexity index is 456. The lowest BCUT2D eigenvalue weighted by atomic mass is 10.1. The van der Waals surface area contributed by atoms with Gasteiger partial charge in [0.25, 0.3) is 0 Å². The van der Waals surface area contributed by atoms with Crippen molar-refractivity contribution in [3.05, 3.63) is 16.8 Å². The van der Waals surface area contributed by atoms with E-state index < -0.39 is 5.97 Å². The summed E-state index contributed by atoms with van der Waals surface area (Å²) in [5.41, 5.74) is 1.29. The maximum absolute atomic E-state index is 11.2. The van der Waals surface area contributed by atoms with Gasteiger partial charge in [-0.25, -0.2) is 4.79 Å². The fraction of sp³-hybridized carbons (Fsp3) is 0.583. The highest BCUT2D eigenvalue weighted by atomic mass is 16.5. The minimum absolute atomic E-state index is 0.0949. The zero-order chi connectivity index (χ0) is 13.1. The molecule has 1 aliphatic heterocycles. The van der Waals surface area contributed by atoms with E-state index in [2.05, 4.69) is 10.2 Å². The Morgan fingerprint density at radius 1 is 1.50 bits per heavy atom. The van der Waals surface area contributed by atoms with E-state index in [1.165, 1.54) is 0 Å². The van der Waals surface area contributed by atoms with Crippen LogP contribution in [-0.4, -0.2) is 41.1 Å². The number of ether oxygens (including phenoxy) is 2. The molecular formula is C12H16N2O4. The van der Waals surface area contributed by atoms with Crippen molar-refractivity contribution in [2.75, 3.05) is 19.8 Å². The first kappa shape index (κ1) is 12.8. The highest BCUT2D eigenvalue weighted by Crippen LogP contribution is 2.22. The van der Waals surface area contributed by atoms with Gasteiger partial charge in [-0.1, -0.05) is 0 Å². The maximum Gasteiger partial charge on any atom is 0.341 e. The van der Waals surface area contributed by atoms with Crippen LogP contribution in [0.15, 0.2) is 0 Å². The van der Waals surface area contributed by atoms with Gasteiger partial charge in [0.05, 0.1) is 18.9 Å². The highest BCUT2D eigenvalue weighted by molar-refractivity contribution is 5.91. The second-order valence-corrected chi connectivity index (χ2v) is 4.44. The Hall–Kier alpha value is -1.69. The minimum Gasteiger partial charge on any atom is -0.477 e. The van der Waals surface area contributed by atoms with Crippen LogP contribution >= 0.6 is 0 Å². The Labute approximate surface area is 105 Å². The Kier molecular flexibility index (Phi) is 3.76. The summed E-state index contributed by atoms with van der Waals surface area (Å²) >= 11 is 0. The van der Waals surface area contributed by atoms with Crippen LogP contribution in [0, 0.1) is 19.8 Å². The SMILES string of the molecule is Cc1nnc(OCC2CCOC2)c(C(=O)O)c1C. The van der Waals surface area contributed by atoms with Gasteiger partial charge in [0, 0.05) is 12.5 Å². The molecule has 1 fully saturated rings. The number of rotatable bonds is 4. The van der Waals surface area contributed by atoms with Gasteiger partial charge in [0.15, 0.2) is 0 Å². The lowest BCUT2D eigenvalue weighted by Gasteiger charge is -2.12. The molecule has 6 nitrogen and oxygen atoms in total. The number of carboxylic acids is 1. The normalized spacial score (nSPS) is 18.9. The first-order chi connectivity index (χ1) is 8.59. The van der Waals surface area contributed by atoms with Gasteiger partial charge in [-0.2, -0.15) is 5.10 Å². The quantitative estimate of drug-likeness (QED) is 0.867. The summed E-state index contributed by atoms with van der Waals surface area (Å²) in [4.78, 5) is 11.2. The van der Waals surface area contributed by atoms with E-state index in [1.807, 2.05) is 0 Å². The highest BCUT2D eigenvalue weighted by Gasteiger charge is 2.21. The molecule has 0 spiro atoms. The minimum atomic E-state index is -1.04. The van der Waals surface area contributed by atoms with Crippen molar-refractivity contribution in [2.24, 2.45) is 5.92 Å². The number of carboxylic acid groups (broad SMARTS) is 1. The van der Waals surface area contributed by atoms with Gasteiger partial charge in [-0.05, 0) is 25.8 Å².